The van der Waals surface area contributed by atoms with Gasteiger partial charge in [0.25, 0.3) is 0 Å². The van der Waals surface area contributed by atoms with E-state index in [4.69, 9.17) is 10.00 Å². The molecule has 0 bridgehead atoms. The first-order valence-electron chi connectivity index (χ1n) is 4.81. The summed E-state index contributed by atoms with van der Waals surface area (Å²) >= 11 is 1.33. The highest BCUT2D eigenvalue weighted by atomic mass is 32.2. The molecule has 0 fully saturated rings. The quantitative estimate of drug-likeness (QED) is 0.623. The van der Waals surface area contributed by atoms with Crippen molar-refractivity contribution in [2.45, 2.75) is 11.8 Å². The molecule has 1 aromatic carbocycles. The summed E-state index contributed by atoms with van der Waals surface area (Å²) in [6.07, 6.45) is 0. The fourth-order valence-electron chi connectivity index (χ4n) is 0.988. The number of nitrogens with one attached hydrogen (secondary N) is 1. The lowest BCUT2D eigenvalue weighted by molar-refractivity contribution is -0.141. The second-order valence-electron chi connectivity index (χ2n) is 2.86. The molecule has 0 amide bonds. The molecule has 0 aliphatic heterocycles. The minimum atomic E-state index is -0.274. The summed E-state index contributed by atoms with van der Waals surface area (Å²) in [5.74, 6) is -0.274. The number of benzene rings is 1. The highest BCUT2D eigenvalue weighted by molar-refractivity contribution is 7.97. The van der Waals surface area contributed by atoms with Crippen LogP contribution in [-0.2, 0) is 9.53 Å². The van der Waals surface area contributed by atoms with Gasteiger partial charge in [0.05, 0.1) is 18.2 Å². The first-order chi connectivity index (χ1) is 7.76. The Labute approximate surface area is 98.7 Å². The normalized spacial score (nSPS) is 9.50. The predicted octanol–water partition coefficient (Wildman–Crippen LogP) is 1.72. The molecule has 0 saturated carbocycles. The summed E-state index contributed by atoms with van der Waals surface area (Å²) in [4.78, 5) is 11.9. The van der Waals surface area contributed by atoms with Crippen LogP contribution in [0, 0.1) is 11.3 Å². The van der Waals surface area contributed by atoms with Gasteiger partial charge in [0.1, 0.15) is 6.54 Å². The Balaban J connectivity index is 2.32. The van der Waals surface area contributed by atoms with Crippen molar-refractivity contribution in [1.82, 2.24) is 4.72 Å². The van der Waals surface area contributed by atoms with Crippen LogP contribution in [0.25, 0.3) is 0 Å². The zero-order valence-electron chi connectivity index (χ0n) is 8.90. The SMILES string of the molecule is CCOC(=O)CNSc1ccc(C#N)cc1. The van der Waals surface area contributed by atoms with E-state index in [1.165, 1.54) is 11.9 Å². The third-order valence-electron chi connectivity index (χ3n) is 1.70. The lowest BCUT2D eigenvalue weighted by Gasteiger charge is -2.03. The summed E-state index contributed by atoms with van der Waals surface area (Å²) in [6, 6.07) is 9.14. The Morgan fingerprint density at radius 1 is 1.50 bits per heavy atom. The van der Waals surface area contributed by atoms with Gasteiger partial charge < -0.3 is 4.74 Å². The number of ether oxygens (including phenoxy) is 1. The van der Waals surface area contributed by atoms with Crippen LogP contribution in [0.15, 0.2) is 29.2 Å². The zero-order chi connectivity index (χ0) is 11.8. The molecular formula is C11H12N2O2S. The monoisotopic (exact) mass is 236 g/mol. The lowest BCUT2D eigenvalue weighted by atomic mass is 10.2. The van der Waals surface area contributed by atoms with Crippen molar-refractivity contribution in [3.63, 3.8) is 0 Å². The molecule has 0 unspecified atom stereocenters. The first-order valence-corrected chi connectivity index (χ1v) is 5.63. The Bertz CT molecular complexity index is 384. The van der Waals surface area contributed by atoms with E-state index >= 15 is 0 Å². The molecule has 0 aliphatic rings. The maximum atomic E-state index is 11.0. The van der Waals surface area contributed by atoms with Gasteiger partial charge in [0, 0.05) is 4.90 Å². The van der Waals surface area contributed by atoms with E-state index in [2.05, 4.69) is 4.72 Å². The maximum absolute atomic E-state index is 11.0. The molecule has 0 atom stereocenters. The molecule has 1 aromatic rings. The number of nitriles is 1. The molecule has 0 saturated heterocycles. The minimum Gasteiger partial charge on any atom is -0.465 e. The molecule has 0 aliphatic carbocycles. The van der Waals surface area contributed by atoms with E-state index in [9.17, 15) is 4.79 Å². The van der Waals surface area contributed by atoms with Gasteiger partial charge in [0.2, 0.25) is 0 Å². The van der Waals surface area contributed by atoms with Gasteiger partial charge in [-0.2, -0.15) is 5.26 Å². The summed E-state index contributed by atoms with van der Waals surface area (Å²) < 4.78 is 7.64. The molecule has 1 rings (SSSR count). The highest BCUT2D eigenvalue weighted by Crippen LogP contribution is 2.14. The zero-order valence-corrected chi connectivity index (χ0v) is 9.71. The van der Waals surface area contributed by atoms with Crippen LogP contribution in [0.5, 0.6) is 0 Å². The molecule has 0 heterocycles. The Kier molecular flexibility index (Phi) is 5.40. The summed E-state index contributed by atoms with van der Waals surface area (Å²) in [6.45, 7) is 2.33. The number of esters is 1. The highest BCUT2D eigenvalue weighted by Gasteiger charge is 2.01. The number of hydrogen-bond acceptors (Lipinski definition) is 5. The van der Waals surface area contributed by atoms with E-state index in [1.54, 1.807) is 19.1 Å². The van der Waals surface area contributed by atoms with Crippen molar-refractivity contribution in [3.8, 4) is 6.07 Å². The van der Waals surface area contributed by atoms with Crippen LogP contribution in [-0.4, -0.2) is 19.1 Å². The average molecular weight is 236 g/mol. The number of carbonyl (C=O) groups is 1. The predicted molar refractivity (Wildman–Crippen MR) is 61.6 cm³/mol. The van der Waals surface area contributed by atoms with Crippen molar-refractivity contribution in [2.75, 3.05) is 13.2 Å². The van der Waals surface area contributed by atoms with Crippen molar-refractivity contribution in [2.24, 2.45) is 0 Å². The van der Waals surface area contributed by atoms with Crippen LogP contribution < -0.4 is 4.72 Å². The van der Waals surface area contributed by atoms with E-state index < -0.39 is 0 Å². The molecular weight excluding hydrogens is 224 g/mol. The van der Waals surface area contributed by atoms with E-state index in [1.807, 2.05) is 18.2 Å². The second-order valence-corrected chi connectivity index (χ2v) is 3.83. The van der Waals surface area contributed by atoms with Gasteiger partial charge in [-0.1, -0.05) is 0 Å². The molecule has 0 radical (unpaired) electrons. The topological polar surface area (TPSA) is 62.1 Å². The van der Waals surface area contributed by atoms with Crippen molar-refractivity contribution in [3.05, 3.63) is 29.8 Å². The largest absolute Gasteiger partial charge is 0.465 e. The standard InChI is InChI=1S/C11H12N2O2S/c1-2-15-11(14)8-13-16-10-5-3-9(7-12)4-6-10/h3-6,13H,2,8H2,1H3. The average Bonchev–Trinajstić information content (AvgIpc) is 2.30. The van der Waals surface area contributed by atoms with Gasteiger partial charge in [-0.25, -0.2) is 4.72 Å². The van der Waals surface area contributed by atoms with Gasteiger partial charge in [-0.15, -0.1) is 0 Å². The van der Waals surface area contributed by atoms with E-state index in [0.717, 1.165) is 4.90 Å². The third-order valence-corrected chi connectivity index (χ3v) is 2.49. The van der Waals surface area contributed by atoms with Crippen LogP contribution >= 0.6 is 11.9 Å². The number of hydrogen-bond donors (Lipinski definition) is 1. The molecule has 84 valence electrons. The number of carbonyl (C=O) groups excluding carboxylic acids is 1. The third kappa shape index (κ3) is 4.34. The molecule has 16 heavy (non-hydrogen) atoms. The van der Waals surface area contributed by atoms with Gasteiger partial charge >= 0.3 is 5.97 Å². The van der Waals surface area contributed by atoms with Crippen molar-refractivity contribution < 1.29 is 9.53 Å². The van der Waals surface area contributed by atoms with Gasteiger partial charge in [-0.3, -0.25) is 4.79 Å². The fourth-order valence-corrected chi connectivity index (χ4v) is 1.62. The van der Waals surface area contributed by atoms with Crippen molar-refractivity contribution >= 4 is 17.9 Å². The summed E-state index contributed by atoms with van der Waals surface area (Å²) in [5.41, 5.74) is 0.620. The molecule has 1 N–H and O–H groups in total. The summed E-state index contributed by atoms with van der Waals surface area (Å²) in [5, 5.41) is 8.60. The van der Waals surface area contributed by atoms with E-state index in [-0.39, 0.29) is 12.5 Å². The second kappa shape index (κ2) is 6.88. The Morgan fingerprint density at radius 2 is 2.19 bits per heavy atom. The Hall–Kier alpha value is -1.51. The van der Waals surface area contributed by atoms with Crippen LogP contribution in [0.4, 0.5) is 0 Å². The van der Waals surface area contributed by atoms with Crippen LogP contribution in [0.3, 0.4) is 0 Å². The molecule has 5 heteroatoms. The fraction of sp³-hybridized carbons (Fsp3) is 0.273. The van der Waals surface area contributed by atoms with Gasteiger partial charge in [-0.05, 0) is 43.1 Å². The first kappa shape index (κ1) is 12.6. The Morgan fingerprint density at radius 3 is 2.75 bits per heavy atom. The lowest BCUT2D eigenvalue weighted by Crippen LogP contribution is -2.19. The number of nitrogens with zero attached hydrogens (tertiary/aromatic N) is 1. The number of rotatable bonds is 5. The van der Waals surface area contributed by atoms with E-state index in [0.29, 0.717) is 12.2 Å². The molecule has 0 spiro atoms. The minimum absolute atomic E-state index is 0.165. The van der Waals surface area contributed by atoms with Gasteiger partial charge in [0.15, 0.2) is 0 Å². The molecule has 0 aromatic heterocycles. The van der Waals surface area contributed by atoms with Crippen LogP contribution in [0.2, 0.25) is 0 Å². The van der Waals surface area contributed by atoms with Crippen LogP contribution in [0.1, 0.15) is 12.5 Å². The molecule has 4 nitrogen and oxygen atoms in total. The maximum Gasteiger partial charge on any atom is 0.320 e. The summed E-state index contributed by atoms with van der Waals surface area (Å²) in [7, 11) is 0. The smallest absolute Gasteiger partial charge is 0.320 e. The van der Waals surface area contributed by atoms with Crippen molar-refractivity contribution in [1.29, 1.82) is 5.26 Å².